The van der Waals surface area contributed by atoms with Gasteiger partial charge < -0.3 is 15.2 Å². The summed E-state index contributed by atoms with van der Waals surface area (Å²) >= 11 is 0. The van der Waals surface area contributed by atoms with Gasteiger partial charge in [-0.05, 0) is 40.8 Å². The highest BCUT2D eigenvalue weighted by Gasteiger charge is 2.17. The predicted molar refractivity (Wildman–Crippen MR) is 111 cm³/mol. The first-order valence-corrected chi connectivity index (χ1v) is 9.44. The van der Waals surface area contributed by atoms with Gasteiger partial charge in [-0.1, -0.05) is 45.0 Å². The van der Waals surface area contributed by atoms with Gasteiger partial charge in [0.25, 0.3) is 5.91 Å². The van der Waals surface area contributed by atoms with Crippen LogP contribution in [0.3, 0.4) is 0 Å². The molecule has 29 heavy (non-hydrogen) atoms. The molecule has 1 aromatic carbocycles. The van der Waals surface area contributed by atoms with E-state index in [0.717, 1.165) is 5.56 Å². The molecular formula is C23H25N3O3. The Morgan fingerprint density at radius 2 is 1.83 bits per heavy atom. The van der Waals surface area contributed by atoms with Crippen LogP contribution in [-0.4, -0.2) is 27.5 Å². The molecule has 0 spiro atoms. The number of aliphatic hydroxyl groups excluding tert-OH is 1. The molecule has 0 fully saturated rings. The number of benzene rings is 1. The Morgan fingerprint density at radius 1 is 1.10 bits per heavy atom. The lowest BCUT2D eigenvalue weighted by Gasteiger charge is -2.20. The Kier molecular flexibility index (Phi) is 6.24. The molecule has 0 radical (unpaired) electrons. The molecule has 1 atom stereocenters. The normalized spacial score (nSPS) is 12.3. The Hall–Kier alpha value is -3.25. The molecule has 3 aromatic rings. The average Bonchev–Trinajstić information content (AvgIpc) is 2.72. The van der Waals surface area contributed by atoms with Gasteiger partial charge in [0, 0.05) is 18.9 Å². The minimum atomic E-state index is -0.813. The van der Waals surface area contributed by atoms with Crippen molar-refractivity contribution in [3.05, 3.63) is 83.8 Å². The van der Waals surface area contributed by atoms with Crippen LogP contribution in [0.2, 0.25) is 0 Å². The molecule has 6 heteroatoms. The van der Waals surface area contributed by atoms with Crippen LogP contribution in [-0.2, 0) is 5.41 Å². The third kappa shape index (κ3) is 5.39. The molecule has 0 aliphatic heterocycles. The van der Waals surface area contributed by atoms with Crippen molar-refractivity contribution in [2.45, 2.75) is 32.3 Å². The zero-order chi connectivity index (χ0) is 20.9. The first kappa shape index (κ1) is 20.5. The van der Waals surface area contributed by atoms with E-state index in [0.29, 0.717) is 5.75 Å². The third-order valence-electron chi connectivity index (χ3n) is 4.48. The summed E-state index contributed by atoms with van der Waals surface area (Å²) in [5.74, 6) is 0.295. The monoisotopic (exact) mass is 391 g/mol. The van der Waals surface area contributed by atoms with E-state index in [1.807, 2.05) is 24.3 Å². The number of amides is 1. The summed E-state index contributed by atoms with van der Waals surface area (Å²) in [6.45, 7) is 6.49. The molecule has 0 bridgehead atoms. The van der Waals surface area contributed by atoms with Crippen molar-refractivity contribution in [3.63, 3.8) is 0 Å². The van der Waals surface area contributed by atoms with Crippen LogP contribution in [0.5, 0.6) is 11.6 Å². The molecule has 2 heterocycles. The standard InChI is InChI=1S/C23H25N3O3/c1-23(2,3)17-10-8-16(9-11-17)20(27)15-26-21(28)19-7-5-13-25-22(19)29-18-6-4-12-24-14-18/h4-14,20,27H,15H2,1-3H3,(H,26,28). The molecule has 1 unspecified atom stereocenters. The number of aromatic nitrogens is 2. The van der Waals surface area contributed by atoms with Gasteiger partial charge in [-0.3, -0.25) is 9.78 Å². The average molecular weight is 391 g/mol. The van der Waals surface area contributed by atoms with Gasteiger partial charge in [0.2, 0.25) is 5.88 Å². The minimum absolute atomic E-state index is 0.0443. The van der Waals surface area contributed by atoms with Gasteiger partial charge in [0.15, 0.2) is 0 Å². The van der Waals surface area contributed by atoms with Crippen LogP contribution in [0.15, 0.2) is 67.1 Å². The maximum Gasteiger partial charge on any atom is 0.256 e. The molecule has 2 aromatic heterocycles. The Balaban J connectivity index is 1.65. The topological polar surface area (TPSA) is 84.3 Å². The SMILES string of the molecule is CC(C)(C)c1ccc(C(O)CNC(=O)c2cccnc2Oc2cccnc2)cc1. The fraction of sp³-hybridized carbons (Fsp3) is 0.261. The highest BCUT2D eigenvalue weighted by Crippen LogP contribution is 2.24. The van der Waals surface area contributed by atoms with Gasteiger partial charge in [-0.25, -0.2) is 4.98 Å². The maximum atomic E-state index is 12.6. The van der Waals surface area contributed by atoms with E-state index in [1.165, 1.54) is 5.56 Å². The van der Waals surface area contributed by atoms with Crippen molar-refractivity contribution < 1.29 is 14.6 Å². The van der Waals surface area contributed by atoms with Crippen molar-refractivity contribution in [2.75, 3.05) is 6.54 Å². The van der Waals surface area contributed by atoms with E-state index in [9.17, 15) is 9.90 Å². The number of hydrogen-bond acceptors (Lipinski definition) is 5. The molecule has 1 amide bonds. The summed E-state index contributed by atoms with van der Waals surface area (Å²) in [7, 11) is 0. The molecule has 0 aliphatic carbocycles. The first-order valence-electron chi connectivity index (χ1n) is 9.44. The second-order valence-corrected chi connectivity index (χ2v) is 7.74. The van der Waals surface area contributed by atoms with E-state index in [4.69, 9.17) is 4.74 Å². The van der Waals surface area contributed by atoms with E-state index in [1.54, 1.807) is 42.9 Å². The van der Waals surface area contributed by atoms with Crippen LogP contribution in [0, 0.1) is 0 Å². The van der Waals surface area contributed by atoms with Gasteiger partial charge in [0.05, 0.1) is 12.3 Å². The molecular weight excluding hydrogens is 366 g/mol. The van der Waals surface area contributed by atoms with Crippen molar-refractivity contribution in [2.24, 2.45) is 0 Å². The molecule has 0 aliphatic rings. The molecule has 150 valence electrons. The van der Waals surface area contributed by atoms with Crippen molar-refractivity contribution >= 4 is 5.91 Å². The Labute approximate surface area is 170 Å². The summed E-state index contributed by atoms with van der Waals surface area (Å²) in [5, 5.41) is 13.2. The lowest BCUT2D eigenvalue weighted by Crippen LogP contribution is -2.28. The van der Waals surface area contributed by atoms with Crippen LogP contribution in [0.1, 0.15) is 48.4 Å². The quantitative estimate of drug-likeness (QED) is 0.663. The smallest absolute Gasteiger partial charge is 0.256 e. The van der Waals surface area contributed by atoms with E-state index in [-0.39, 0.29) is 29.3 Å². The first-order chi connectivity index (χ1) is 13.8. The molecule has 3 rings (SSSR count). The number of pyridine rings is 2. The number of aliphatic hydroxyl groups is 1. The molecule has 2 N–H and O–H groups in total. The van der Waals surface area contributed by atoms with Crippen molar-refractivity contribution in [1.29, 1.82) is 0 Å². The number of carbonyl (C=O) groups is 1. The lowest BCUT2D eigenvalue weighted by atomic mass is 9.86. The van der Waals surface area contributed by atoms with E-state index < -0.39 is 6.10 Å². The largest absolute Gasteiger partial charge is 0.437 e. The Morgan fingerprint density at radius 3 is 2.48 bits per heavy atom. The van der Waals surface area contributed by atoms with Crippen LogP contribution >= 0.6 is 0 Å². The predicted octanol–water partition coefficient (Wildman–Crippen LogP) is 4.03. The van der Waals surface area contributed by atoms with Crippen molar-refractivity contribution in [1.82, 2.24) is 15.3 Å². The molecule has 0 saturated heterocycles. The number of carbonyl (C=O) groups excluding carboxylic acids is 1. The summed E-state index contributed by atoms with van der Waals surface area (Å²) in [5.41, 5.74) is 2.26. The highest BCUT2D eigenvalue weighted by molar-refractivity contribution is 5.96. The fourth-order valence-corrected chi connectivity index (χ4v) is 2.77. The number of hydrogen-bond donors (Lipinski definition) is 2. The summed E-state index contributed by atoms with van der Waals surface area (Å²) in [6.07, 6.45) is 3.91. The number of nitrogens with one attached hydrogen (secondary N) is 1. The van der Waals surface area contributed by atoms with E-state index >= 15 is 0 Å². The number of nitrogens with zero attached hydrogens (tertiary/aromatic N) is 2. The zero-order valence-corrected chi connectivity index (χ0v) is 16.8. The number of ether oxygens (including phenoxy) is 1. The van der Waals surface area contributed by atoms with Gasteiger partial charge in [-0.15, -0.1) is 0 Å². The second kappa shape index (κ2) is 8.84. The van der Waals surface area contributed by atoms with Gasteiger partial charge >= 0.3 is 0 Å². The summed E-state index contributed by atoms with van der Waals surface area (Å²) in [4.78, 5) is 20.7. The van der Waals surface area contributed by atoms with Crippen LogP contribution in [0.4, 0.5) is 0 Å². The summed E-state index contributed by atoms with van der Waals surface area (Å²) < 4.78 is 5.67. The number of rotatable bonds is 6. The third-order valence-corrected chi connectivity index (χ3v) is 4.48. The van der Waals surface area contributed by atoms with E-state index in [2.05, 4.69) is 36.1 Å². The zero-order valence-electron chi connectivity index (χ0n) is 16.8. The van der Waals surface area contributed by atoms with Gasteiger partial charge in [0.1, 0.15) is 11.3 Å². The fourth-order valence-electron chi connectivity index (χ4n) is 2.77. The molecule has 0 saturated carbocycles. The van der Waals surface area contributed by atoms with Crippen LogP contribution < -0.4 is 10.1 Å². The second-order valence-electron chi connectivity index (χ2n) is 7.74. The maximum absolute atomic E-state index is 12.6. The molecule has 6 nitrogen and oxygen atoms in total. The van der Waals surface area contributed by atoms with Gasteiger partial charge in [-0.2, -0.15) is 0 Å². The van der Waals surface area contributed by atoms with Crippen molar-refractivity contribution in [3.8, 4) is 11.6 Å². The minimum Gasteiger partial charge on any atom is -0.437 e. The Bertz CT molecular complexity index is 951. The lowest BCUT2D eigenvalue weighted by molar-refractivity contribution is 0.0913. The van der Waals surface area contributed by atoms with Crippen LogP contribution in [0.25, 0.3) is 0 Å². The summed E-state index contributed by atoms with van der Waals surface area (Å²) in [6, 6.07) is 14.5. The highest BCUT2D eigenvalue weighted by atomic mass is 16.5.